The van der Waals surface area contributed by atoms with Crippen LogP contribution >= 0.6 is 15.9 Å². The van der Waals surface area contributed by atoms with Crippen molar-refractivity contribution in [1.82, 2.24) is 14.4 Å². The highest BCUT2D eigenvalue weighted by Gasteiger charge is 2.03. The van der Waals surface area contributed by atoms with Crippen molar-refractivity contribution in [3.8, 4) is 0 Å². The topological polar surface area (TPSA) is 56.2 Å². The summed E-state index contributed by atoms with van der Waals surface area (Å²) in [5.41, 5.74) is 6.41. The number of halogens is 1. The lowest BCUT2D eigenvalue weighted by atomic mass is 10.5. The molecule has 0 aromatic carbocycles. The van der Waals surface area contributed by atoms with Gasteiger partial charge in [0.05, 0.1) is 0 Å². The van der Waals surface area contributed by atoms with Gasteiger partial charge in [0.25, 0.3) is 0 Å². The molecule has 2 aromatic heterocycles. The third-order valence-corrected chi connectivity index (χ3v) is 2.01. The summed E-state index contributed by atoms with van der Waals surface area (Å²) in [6.07, 6.45) is 5.11. The van der Waals surface area contributed by atoms with Crippen LogP contribution in [0.1, 0.15) is 0 Å². The van der Waals surface area contributed by atoms with Crippen molar-refractivity contribution in [3.63, 3.8) is 0 Å². The molecule has 0 saturated heterocycles. The van der Waals surface area contributed by atoms with Gasteiger partial charge in [-0.3, -0.25) is 0 Å². The maximum absolute atomic E-state index is 5.60. The van der Waals surface area contributed by atoms with Crippen LogP contribution in [-0.4, -0.2) is 14.4 Å². The number of imidazole rings is 1. The zero-order valence-corrected chi connectivity index (χ0v) is 7.12. The van der Waals surface area contributed by atoms with Crippen molar-refractivity contribution < 1.29 is 0 Å². The van der Waals surface area contributed by atoms with E-state index in [0.717, 1.165) is 10.1 Å². The fraction of sp³-hybridized carbons (Fsp3) is 0. The van der Waals surface area contributed by atoms with Gasteiger partial charge in [-0.15, -0.1) is 0 Å². The van der Waals surface area contributed by atoms with Crippen LogP contribution in [-0.2, 0) is 0 Å². The Labute approximate surface area is 71.2 Å². The molecule has 2 aromatic rings. The van der Waals surface area contributed by atoms with Crippen LogP contribution in [0.5, 0.6) is 0 Å². The largest absolute Gasteiger partial charge is 0.382 e. The van der Waals surface area contributed by atoms with Crippen molar-refractivity contribution in [2.45, 2.75) is 0 Å². The van der Waals surface area contributed by atoms with E-state index in [1.807, 2.05) is 4.40 Å². The third-order valence-electron chi connectivity index (χ3n) is 1.43. The fourth-order valence-corrected chi connectivity index (χ4v) is 1.44. The number of nitrogens with two attached hydrogens (primary N) is 1. The molecule has 0 unspecified atom stereocenters. The smallest absolute Gasteiger partial charge is 0.150 e. The number of hydrogen-bond donors (Lipinski definition) is 1. The van der Waals surface area contributed by atoms with Crippen molar-refractivity contribution >= 4 is 27.3 Å². The summed E-state index contributed by atoms with van der Waals surface area (Å²) >= 11 is 3.27. The second-order valence-electron chi connectivity index (χ2n) is 2.10. The minimum absolute atomic E-state index is 0.483. The number of hydrogen-bond acceptors (Lipinski definition) is 3. The molecular weight excluding hydrogens is 208 g/mol. The van der Waals surface area contributed by atoms with Crippen LogP contribution in [0.3, 0.4) is 0 Å². The van der Waals surface area contributed by atoms with E-state index in [4.69, 9.17) is 5.73 Å². The van der Waals surface area contributed by atoms with Gasteiger partial charge in [0.15, 0.2) is 5.82 Å². The Morgan fingerprint density at radius 3 is 3.00 bits per heavy atom. The summed E-state index contributed by atoms with van der Waals surface area (Å²) in [5.74, 6) is 0.483. The third kappa shape index (κ3) is 0.883. The van der Waals surface area contributed by atoms with Crippen molar-refractivity contribution in [1.29, 1.82) is 0 Å². The van der Waals surface area contributed by atoms with E-state index in [1.54, 1.807) is 18.7 Å². The predicted molar refractivity (Wildman–Crippen MR) is 45.1 cm³/mol. The standard InChI is InChI=1S/C6H5BrN4/c7-5-4-6(8)9-1-2-11(4)3-10-5/h1-3H,(H2,8,9). The first kappa shape index (κ1) is 6.60. The molecule has 2 heterocycles. The van der Waals surface area contributed by atoms with E-state index in [1.165, 1.54) is 0 Å². The lowest BCUT2D eigenvalue weighted by Crippen LogP contribution is -1.93. The molecule has 0 aliphatic rings. The highest BCUT2D eigenvalue weighted by molar-refractivity contribution is 9.10. The highest BCUT2D eigenvalue weighted by Crippen LogP contribution is 2.19. The van der Waals surface area contributed by atoms with Crippen LogP contribution in [0, 0.1) is 0 Å². The second kappa shape index (κ2) is 2.20. The Morgan fingerprint density at radius 1 is 1.45 bits per heavy atom. The molecule has 2 rings (SSSR count). The normalized spacial score (nSPS) is 10.6. The average Bonchev–Trinajstić information content (AvgIpc) is 2.34. The van der Waals surface area contributed by atoms with E-state index < -0.39 is 0 Å². The lowest BCUT2D eigenvalue weighted by molar-refractivity contribution is 1.12. The van der Waals surface area contributed by atoms with Crippen LogP contribution in [0.4, 0.5) is 5.82 Å². The summed E-state index contributed by atoms with van der Waals surface area (Å²) < 4.78 is 2.54. The fourth-order valence-electron chi connectivity index (χ4n) is 0.936. The van der Waals surface area contributed by atoms with Crippen LogP contribution in [0.25, 0.3) is 5.52 Å². The van der Waals surface area contributed by atoms with E-state index in [9.17, 15) is 0 Å². The first-order chi connectivity index (χ1) is 5.29. The van der Waals surface area contributed by atoms with Gasteiger partial charge >= 0.3 is 0 Å². The summed E-state index contributed by atoms with van der Waals surface area (Å²) in [6.45, 7) is 0. The number of nitrogen functional groups attached to an aromatic ring is 1. The summed E-state index contributed by atoms with van der Waals surface area (Å²) in [7, 11) is 0. The molecule has 0 aliphatic carbocycles. The Hall–Kier alpha value is -1.10. The molecule has 0 atom stereocenters. The molecule has 0 spiro atoms. The van der Waals surface area contributed by atoms with Gasteiger partial charge in [-0.05, 0) is 15.9 Å². The first-order valence-electron chi connectivity index (χ1n) is 3.01. The zero-order valence-electron chi connectivity index (χ0n) is 5.53. The minimum atomic E-state index is 0.483. The van der Waals surface area contributed by atoms with Crippen molar-refractivity contribution in [3.05, 3.63) is 23.3 Å². The van der Waals surface area contributed by atoms with Gasteiger partial charge < -0.3 is 10.1 Å². The SMILES string of the molecule is Nc1nccn2cnc(Br)c12. The molecule has 0 amide bonds. The van der Waals surface area contributed by atoms with E-state index >= 15 is 0 Å². The molecule has 0 fully saturated rings. The predicted octanol–water partition coefficient (Wildman–Crippen LogP) is 1.07. The van der Waals surface area contributed by atoms with Crippen LogP contribution in [0.15, 0.2) is 23.3 Å². The maximum atomic E-state index is 5.60. The van der Waals surface area contributed by atoms with Gasteiger partial charge in [0.2, 0.25) is 0 Å². The summed E-state index contributed by atoms with van der Waals surface area (Å²) in [4.78, 5) is 7.94. The average molecular weight is 213 g/mol. The van der Waals surface area contributed by atoms with E-state index in [-0.39, 0.29) is 0 Å². The first-order valence-corrected chi connectivity index (χ1v) is 3.81. The number of rotatable bonds is 0. The van der Waals surface area contributed by atoms with E-state index in [0.29, 0.717) is 5.82 Å². The molecular formula is C6H5BrN4. The quantitative estimate of drug-likeness (QED) is 0.712. The molecule has 56 valence electrons. The maximum Gasteiger partial charge on any atom is 0.150 e. The van der Waals surface area contributed by atoms with Gasteiger partial charge in [0, 0.05) is 12.4 Å². The Morgan fingerprint density at radius 2 is 2.27 bits per heavy atom. The molecule has 11 heavy (non-hydrogen) atoms. The van der Waals surface area contributed by atoms with Crippen LogP contribution in [0.2, 0.25) is 0 Å². The second-order valence-corrected chi connectivity index (χ2v) is 2.85. The number of nitrogens with zero attached hydrogens (tertiary/aromatic N) is 3. The number of aromatic nitrogens is 3. The highest BCUT2D eigenvalue weighted by atomic mass is 79.9. The summed E-state index contributed by atoms with van der Waals surface area (Å²) in [6, 6.07) is 0. The number of anilines is 1. The molecule has 0 radical (unpaired) electrons. The molecule has 0 bridgehead atoms. The molecule has 4 nitrogen and oxygen atoms in total. The zero-order chi connectivity index (χ0) is 7.84. The lowest BCUT2D eigenvalue weighted by Gasteiger charge is -1.95. The minimum Gasteiger partial charge on any atom is -0.382 e. The van der Waals surface area contributed by atoms with Crippen molar-refractivity contribution in [2.24, 2.45) is 0 Å². The number of fused-ring (bicyclic) bond motifs is 1. The van der Waals surface area contributed by atoms with Gasteiger partial charge in [-0.2, -0.15) is 0 Å². The van der Waals surface area contributed by atoms with Gasteiger partial charge in [-0.25, -0.2) is 9.97 Å². The van der Waals surface area contributed by atoms with E-state index in [2.05, 4.69) is 25.9 Å². The Kier molecular flexibility index (Phi) is 1.32. The summed E-state index contributed by atoms with van der Waals surface area (Å²) in [5, 5.41) is 0. The van der Waals surface area contributed by atoms with Crippen LogP contribution < -0.4 is 5.73 Å². The molecule has 0 saturated carbocycles. The molecule has 0 aliphatic heterocycles. The molecule has 2 N–H and O–H groups in total. The van der Waals surface area contributed by atoms with Gasteiger partial charge in [-0.1, -0.05) is 0 Å². The molecule has 5 heteroatoms. The Bertz CT molecular complexity index is 394. The van der Waals surface area contributed by atoms with Crippen molar-refractivity contribution in [2.75, 3.05) is 5.73 Å². The monoisotopic (exact) mass is 212 g/mol. The van der Waals surface area contributed by atoms with Gasteiger partial charge in [0.1, 0.15) is 16.4 Å². The Balaban J connectivity index is 2.96.